The van der Waals surface area contributed by atoms with Crippen molar-refractivity contribution in [3.05, 3.63) is 65.0 Å². The lowest BCUT2D eigenvalue weighted by Gasteiger charge is -2.11. The first kappa shape index (κ1) is 18.2. The predicted molar refractivity (Wildman–Crippen MR) is 102 cm³/mol. The van der Waals surface area contributed by atoms with Crippen molar-refractivity contribution >= 4 is 23.1 Å². The SMILES string of the molecule is O=[N+]([O-])c1ccc(Nc2cc(-c3ccncc3)nc(NCCCO)n2)cc1. The van der Waals surface area contributed by atoms with Gasteiger partial charge in [-0.25, -0.2) is 4.98 Å². The minimum atomic E-state index is -0.445. The fraction of sp³-hybridized carbons (Fsp3) is 0.167. The molecule has 0 atom stereocenters. The third-order valence-electron chi connectivity index (χ3n) is 3.67. The molecule has 2 aromatic heterocycles. The van der Waals surface area contributed by atoms with Crippen molar-refractivity contribution in [3.63, 3.8) is 0 Å². The van der Waals surface area contributed by atoms with Crippen LogP contribution in [0.25, 0.3) is 11.3 Å². The van der Waals surface area contributed by atoms with Gasteiger partial charge in [-0.2, -0.15) is 4.98 Å². The Morgan fingerprint density at radius 3 is 2.48 bits per heavy atom. The van der Waals surface area contributed by atoms with Gasteiger partial charge in [-0.1, -0.05) is 0 Å². The van der Waals surface area contributed by atoms with Crippen LogP contribution >= 0.6 is 0 Å². The van der Waals surface area contributed by atoms with E-state index in [0.717, 1.165) is 5.56 Å². The van der Waals surface area contributed by atoms with Crippen molar-refractivity contribution < 1.29 is 10.0 Å². The molecule has 9 heteroatoms. The number of nitro benzene ring substituents is 1. The molecule has 0 spiro atoms. The number of aromatic nitrogens is 3. The highest BCUT2D eigenvalue weighted by molar-refractivity contribution is 5.67. The highest BCUT2D eigenvalue weighted by Gasteiger charge is 2.09. The molecule has 2 heterocycles. The number of nitro groups is 1. The molecule has 0 bridgehead atoms. The Labute approximate surface area is 155 Å². The van der Waals surface area contributed by atoms with Gasteiger partial charge in [0, 0.05) is 55.0 Å². The zero-order valence-corrected chi connectivity index (χ0v) is 14.4. The summed E-state index contributed by atoms with van der Waals surface area (Å²) in [4.78, 5) is 23.3. The molecule has 0 fully saturated rings. The number of non-ortho nitro benzene ring substituents is 1. The lowest BCUT2D eigenvalue weighted by molar-refractivity contribution is -0.384. The molecule has 0 saturated carbocycles. The van der Waals surface area contributed by atoms with Crippen LogP contribution in [0.1, 0.15) is 6.42 Å². The van der Waals surface area contributed by atoms with Crippen LogP contribution in [0.4, 0.5) is 23.1 Å². The van der Waals surface area contributed by atoms with Gasteiger partial charge in [-0.05, 0) is 30.7 Å². The van der Waals surface area contributed by atoms with Crippen LogP contribution in [-0.2, 0) is 0 Å². The van der Waals surface area contributed by atoms with Crippen LogP contribution in [0.3, 0.4) is 0 Å². The summed E-state index contributed by atoms with van der Waals surface area (Å²) in [7, 11) is 0. The number of anilines is 3. The average Bonchev–Trinajstić information content (AvgIpc) is 2.69. The molecule has 3 rings (SSSR count). The molecular weight excluding hydrogens is 348 g/mol. The van der Waals surface area contributed by atoms with Crippen molar-refractivity contribution in [2.45, 2.75) is 6.42 Å². The highest BCUT2D eigenvalue weighted by Crippen LogP contribution is 2.24. The monoisotopic (exact) mass is 366 g/mol. The topological polar surface area (TPSA) is 126 Å². The second-order valence-electron chi connectivity index (χ2n) is 5.63. The van der Waals surface area contributed by atoms with Gasteiger partial charge in [0.15, 0.2) is 0 Å². The Morgan fingerprint density at radius 1 is 1.07 bits per heavy atom. The maximum absolute atomic E-state index is 10.8. The van der Waals surface area contributed by atoms with E-state index >= 15 is 0 Å². The van der Waals surface area contributed by atoms with Crippen molar-refractivity contribution in [1.82, 2.24) is 15.0 Å². The van der Waals surface area contributed by atoms with Gasteiger partial charge < -0.3 is 15.7 Å². The van der Waals surface area contributed by atoms with Crippen molar-refractivity contribution in [2.24, 2.45) is 0 Å². The quantitative estimate of drug-likeness (QED) is 0.315. The van der Waals surface area contributed by atoms with E-state index in [1.165, 1.54) is 12.1 Å². The van der Waals surface area contributed by atoms with Gasteiger partial charge in [0.2, 0.25) is 5.95 Å². The molecule has 0 aliphatic rings. The number of benzene rings is 1. The molecule has 0 unspecified atom stereocenters. The van der Waals surface area contributed by atoms with E-state index in [4.69, 9.17) is 5.11 Å². The lowest BCUT2D eigenvalue weighted by atomic mass is 10.2. The third kappa shape index (κ3) is 4.95. The standard InChI is InChI=1S/C18H18N6O3/c25-11-1-8-20-18-22-16(13-6-9-19-10-7-13)12-17(23-18)21-14-2-4-15(5-3-14)24(26)27/h2-7,9-10,12,25H,1,8,11H2,(H2,20,21,22,23). The molecule has 0 amide bonds. The van der Waals surface area contributed by atoms with Gasteiger partial charge in [0.25, 0.3) is 5.69 Å². The molecule has 138 valence electrons. The fourth-order valence-corrected chi connectivity index (χ4v) is 2.35. The number of rotatable bonds is 8. The van der Waals surface area contributed by atoms with Crippen molar-refractivity contribution in [1.29, 1.82) is 0 Å². The van der Waals surface area contributed by atoms with E-state index in [2.05, 4.69) is 25.6 Å². The summed E-state index contributed by atoms with van der Waals surface area (Å²) in [5.41, 5.74) is 2.26. The summed E-state index contributed by atoms with van der Waals surface area (Å²) in [6.07, 6.45) is 3.94. The smallest absolute Gasteiger partial charge is 0.269 e. The number of hydrogen-bond acceptors (Lipinski definition) is 8. The molecule has 0 saturated heterocycles. The van der Waals surface area contributed by atoms with Gasteiger partial charge >= 0.3 is 0 Å². The average molecular weight is 366 g/mol. The first-order chi connectivity index (χ1) is 13.2. The molecular formula is C18H18N6O3. The van der Waals surface area contributed by atoms with Gasteiger partial charge in [-0.3, -0.25) is 15.1 Å². The Hall–Kier alpha value is -3.59. The van der Waals surface area contributed by atoms with E-state index in [1.807, 2.05) is 12.1 Å². The summed E-state index contributed by atoms with van der Waals surface area (Å²) in [5.74, 6) is 0.958. The van der Waals surface area contributed by atoms with Crippen LogP contribution in [-0.4, -0.2) is 38.1 Å². The van der Waals surface area contributed by atoms with Gasteiger partial charge in [-0.15, -0.1) is 0 Å². The zero-order valence-electron chi connectivity index (χ0n) is 14.4. The largest absolute Gasteiger partial charge is 0.396 e. The summed E-state index contributed by atoms with van der Waals surface area (Å²) >= 11 is 0. The minimum Gasteiger partial charge on any atom is -0.396 e. The van der Waals surface area contributed by atoms with Crippen LogP contribution in [0, 0.1) is 10.1 Å². The number of pyridine rings is 1. The van der Waals surface area contributed by atoms with Gasteiger partial charge in [0.05, 0.1) is 10.6 Å². The number of hydrogen-bond donors (Lipinski definition) is 3. The van der Waals surface area contributed by atoms with Crippen LogP contribution in [0.5, 0.6) is 0 Å². The van der Waals surface area contributed by atoms with E-state index in [1.54, 1.807) is 30.6 Å². The molecule has 0 aliphatic heterocycles. The second-order valence-corrected chi connectivity index (χ2v) is 5.63. The first-order valence-electron chi connectivity index (χ1n) is 8.31. The Balaban J connectivity index is 1.88. The van der Waals surface area contributed by atoms with E-state index in [9.17, 15) is 10.1 Å². The van der Waals surface area contributed by atoms with E-state index in [-0.39, 0.29) is 12.3 Å². The summed E-state index contributed by atoms with van der Waals surface area (Å²) in [5, 5.41) is 25.9. The fourth-order valence-electron chi connectivity index (χ4n) is 2.35. The molecule has 0 radical (unpaired) electrons. The van der Waals surface area contributed by atoms with Crippen LogP contribution < -0.4 is 10.6 Å². The minimum absolute atomic E-state index is 0.0204. The highest BCUT2D eigenvalue weighted by atomic mass is 16.6. The molecule has 27 heavy (non-hydrogen) atoms. The molecule has 1 aromatic carbocycles. The third-order valence-corrected chi connectivity index (χ3v) is 3.67. The second kappa shape index (κ2) is 8.68. The van der Waals surface area contributed by atoms with Gasteiger partial charge in [0.1, 0.15) is 5.82 Å². The number of aliphatic hydroxyl groups excluding tert-OH is 1. The predicted octanol–water partition coefficient (Wildman–Crippen LogP) is 2.98. The maximum atomic E-state index is 10.8. The number of aliphatic hydroxyl groups is 1. The van der Waals surface area contributed by atoms with E-state index < -0.39 is 4.92 Å². The number of nitrogens with zero attached hydrogens (tertiary/aromatic N) is 4. The summed E-state index contributed by atoms with van der Waals surface area (Å²) < 4.78 is 0. The van der Waals surface area contributed by atoms with Crippen LogP contribution in [0.15, 0.2) is 54.9 Å². The molecule has 3 N–H and O–H groups in total. The Kier molecular flexibility index (Phi) is 5.85. The zero-order chi connectivity index (χ0) is 19.1. The van der Waals surface area contributed by atoms with Crippen molar-refractivity contribution in [2.75, 3.05) is 23.8 Å². The lowest BCUT2D eigenvalue weighted by Crippen LogP contribution is -2.08. The summed E-state index contributed by atoms with van der Waals surface area (Å²) in [6, 6.07) is 11.6. The number of nitrogens with one attached hydrogen (secondary N) is 2. The molecule has 3 aromatic rings. The normalized spacial score (nSPS) is 10.4. The Bertz CT molecular complexity index is 903. The maximum Gasteiger partial charge on any atom is 0.269 e. The van der Waals surface area contributed by atoms with Crippen molar-refractivity contribution in [3.8, 4) is 11.3 Å². The molecule has 0 aliphatic carbocycles. The van der Waals surface area contributed by atoms with Crippen LogP contribution in [0.2, 0.25) is 0 Å². The molecule has 9 nitrogen and oxygen atoms in total. The first-order valence-corrected chi connectivity index (χ1v) is 8.31. The Morgan fingerprint density at radius 2 is 1.81 bits per heavy atom. The summed E-state index contributed by atoms with van der Waals surface area (Å²) in [6.45, 7) is 0.609. The van der Waals surface area contributed by atoms with E-state index in [0.29, 0.717) is 36.1 Å².